The fourth-order valence-electron chi connectivity index (χ4n) is 2.44. The van der Waals surface area contributed by atoms with Crippen LogP contribution in [0.4, 0.5) is 5.69 Å². The van der Waals surface area contributed by atoms with Gasteiger partial charge in [-0.15, -0.1) is 0 Å². The molecule has 98 valence electrons. The molecule has 2 heterocycles. The molecule has 2 aromatic rings. The topological polar surface area (TPSA) is 56.4 Å². The van der Waals surface area contributed by atoms with Gasteiger partial charge < -0.3 is 14.8 Å². The first-order chi connectivity index (χ1) is 9.28. The summed E-state index contributed by atoms with van der Waals surface area (Å²) < 4.78 is 0. The van der Waals surface area contributed by atoms with Crippen LogP contribution in [0.15, 0.2) is 35.1 Å². The summed E-state index contributed by atoms with van der Waals surface area (Å²) in [6.07, 6.45) is 0.863. The van der Waals surface area contributed by atoms with Gasteiger partial charge in [-0.1, -0.05) is 18.2 Å². The molecule has 0 bridgehead atoms. The summed E-state index contributed by atoms with van der Waals surface area (Å²) in [4.78, 5) is 29.4. The normalized spacial score (nSPS) is 15.8. The molecule has 0 spiro atoms. The molecule has 0 unspecified atom stereocenters. The third-order valence-corrected chi connectivity index (χ3v) is 3.54. The zero-order chi connectivity index (χ0) is 13.2. The molecule has 5 heteroatoms. The Morgan fingerprint density at radius 2 is 1.84 bits per heavy atom. The van der Waals surface area contributed by atoms with Gasteiger partial charge in [0.05, 0.1) is 0 Å². The monoisotopic (exact) mass is 257 g/mol. The minimum absolute atomic E-state index is 0.0711. The van der Waals surface area contributed by atoms with E-state index in [0.29, 0.717) is 31.9 Å². The van der Waals surface area contributed by atoms with Crippen LogP contribution < -0.4 is 10.5 Å². The third-order valence-electron chi connectivity index (χ3n) is 3.54. The van der Waals surface area contributed by atoms with Crippen LogP contribution >= 0.6 is 0 Å². The lowest BCUT2D eigenvalue weighted by atomic mass is 10.2. The highest BCUT2D eigenvalue weighted by molar-refractivity contribution is 5.81. The quantitative estimate of drug-likeness (QED) is 0.810. The van der Waals surface area contributed by atoms with Crippen LogP contribution in [0, 0.1) is 0 Å². The van der Waals surface area contributed by atoms with Crippen molar-refractivity contribution in [3.63, 3.8) is 0 Å². The highest BCUT2D eigenvalue weighted by Crippen LogP contribution is 2.17. The van der Waals surface area contributed by atoms with E-state index in [1.807, 2.05) is 35.2 Å². The lowest BCUT2D eigenvalue weighted by Crippen LogP contribution is -2.47. The van der Waals surface area contributed by atoms with Crippen molar-refractivity contribution in [3.05, 3.63) is 40.7 Å². The largest absolute Gasteiger partial charge is 0.364 e. The first-order valence-electron chi connectivity index (χ1n) is 6.34. The van der Waals surface area contributed by atoms with Gasteiger partial charge in [0.1, 0.15) is 5.69 Å². The van der Waals surface area contributed by atoms with E-state index in [9.17, 15) is 9.59 Å². The van der Waals surface area contributed by atoms with Crippen molar-refractivity contribution in [2.45, 2.75) is 0 Å². The van der Waals surface area contributed by atoms with Crippen molar-refractivity contribution in [3.8, 4) is 0 Å². The second-order valence-corrected chi connectivity index (χ2v) is 4.70. The summed E-state index contributed by atoms with van der Waals surface area (Å²) in [5.74, 6) is 0. The number of nitrogens with one attached hydrogen (secondary N) is 1. The number of aromatic amines is 1. The van der Waals surface area contributed by atoms with Crippen molar-refractivity contribution in [2.75, 3.05) is 31.1 Å². The molecule has 1 N–H and O–H groups in total. The second-order valence-electron chi connectivity index (χ2n) is 4.70. The Bertz CT molecular complexity index is 657. The standard InChI is InChI=1S/C14H15N3O2/c18-10-16-5-7-17(8-6-16)13-9-11-3-1-2-4-12(11)15-14(13)19/h1-4,9-10H,5-8H2,(H,15,19). The number of hydrogen-bond donors (Lipinski definition) is 1. The van der Waals surface area contributed by atoms with E-state index in [-0.39, 0.29) is 5.56 Å². The molecule has 1 aromatic carbocycles. The number of amides is 1. The number of nitrogens with zero attached hydrogens (tertiary/aromatic N) is 2. The minimum Gasteiger partial charge on any atom is -0.364 e. The second kappa shape index (κ2) is 4.76. The first kappa shape index (κ1) is 11.8. The number of rotatable bonds is 2. The van der Waals surface area contributed by atoms with Gasteiger partial charge in [0, 0.05) is 37.1 Å². The number of aromatic nitrogens is 1. The van der Waals surface area contributed by atoms with Crippen LogP contribution in [0.1, 0.15) is 0 Å². The predicted molar refractivity (Wildman–Crippen MR) is 74.4 cm³/mol. The number of piperazine rings is 1. The smallest absolute Gasteiger partial charge is 0.271 e. The number of para-hydroxylation sites is 1. The molecule has 1 amide bonds. The Labute approximate surface area is 110 Å². The van der Waals surface area contributed by atoms with Crippen molar-refractivity contribution in [1.29, 1.82) is 0 Å². The van der Waals surface area contributed by atoms with Crippen LogP contribution in [0.2, 0.25) is 0 Å². The van der Waals surface area contributed by atoms with Gasteiger partial charge in [0.2, 0.25) is 6.41 Å². The molecule has 19 heavy (non-hydrogen) atoms. The van der Waals surface area contributed by atoms with Crippen molar-refractivity contribution >= 4 is 23.0 Å². The maximum absolute atomic E-state index is 12.1. The molecule has 1 aliphatic rings. The number of fused-ring (bicyclic) bond motifs is 1. The van der Waals surface area contributed by atoms with E-state index in [4.69, 9.17) is 0 Å². The van der Waals surface area contributed by atoms with E-state index in [0.717, 1.165) is 17.3 Å². The maximum atomic E-state index is 12.1. The molecule has 1 aliphatic heterocycles. The van der Waals surface area contributed by atoms with Crippen LogP contribution in [0.25, 0.3) is 10.9 Å². The molecule has 0 atom stereocenters. The summed E-state index contributed by atoms with van der Waals surface area (Å²) in [6, 6.07) is 9.65. The molecule has 1 aromatic heterocycles. The summed E-state index contributed by atoms with van der Waals surface area (Å²) in [5.41, 5.74) is 1.46. The summed E-state index contributed by atoms with van der Waals surface area (Å²) >= 11 is 0. The fourth-order valence-corrected chi connectivity index (χ4v) is 2.44. The van der Waals surface area contributed by atoms with Crippen LogP contribution in [0.3, 0.4) is 0 Å². The van der Waals surface area contributed by atoms with Gasteiger partial charge in [0.15, 0.2) is 0 Å². The summed E-state index contributed by atoms with van der Waals surface area (Å²) in [5, 5.41) is 1.02. The molecule has 1 fully saturated rings. The van der Waals surface area contributed by atoms with Gasteiger partial charge in [0.25, 0.3) is 5.56 Å². The molecular weight excluding hydrogens is 242 g/mol. The Hall–Kier alpha value is -2.30. The highest BCUT2D eigenvalue weighted by Gasteiger charge is 2.18. The summed E-state index contributed by atoms with van der Waals surface area (Å²) in [7, 11) is 0. The number of pyridine rings is 1. The van der Waals surface area contributed by atoms with E-state index in [1.165, 1.54) is 0 Å². The van der Waals surface area contributed by atoms with Gasteiger partial charge >= 0.3 is 0 Å². The molecule has 0 aliphatic carbocycles. The number of anilines is 1. The predicted octanol–water partition coefficient (Wildman–Crippen LogP) is 0.806. The fraction of sp³-hybridized carbons (Fsp3) is 0.286. The summed E-state index contributed by atoms with van der Waals surface area (Å²) in [6.45, 7) is 2.71. The van der Waals surface area contributed by atoms with Crippen LogP contribution in [-0.4, -0.2) is 42.5 Å². The zero-order valence-electron chi connectivity index (χ0n) is 10.5. The van der Waals surface area contributed by atoms with Gasteiger partial charge in [-0.05, 0) is 12.1 Å². The van der Waals surface area contributed by atoms with Crippen LogP contribution in [-0.2, 0) is 4.79 Å². The third kappa shape index (κ3) is 2.19. The number of H-pyrrole nitrogens is 1. The highest BCUT2D eigenvalue weighted by atomic mass is 16.1. The van der Waals surface area contributed by atoms with Crippen molar-refractivity contribution in [2.24, 2.45) is 0 Å². The molecule has 5 nitrogen and oxygen atoms in total. The van der Waals surface area contributed by atoms with Crippen LogP contribution in [0.5, 0.6) is 0 Å². The average molecular weight is 257 g/mol. The minimum atomic E-state index is -0.0711. The number of benzene rings is 1. The number of carbonyl (C=O) groups excluding carboxylic acids is 1. The van der Waals surface area contributed by atoms with Crippen molar-refractivity contribution < 1.29 is 4.79 Å². The SMILES string of the molecule is O=CN1CCN(c2cc3ccccc3[nH]c2=O)CC1. The Balaban J connectivity index is 1.94. The van der Waals surface area contributed by atoms with E-state index in [1.54, 1.807) is 4.90 Å². The first-order valence-corrected chi connectivity index (χ1v) is 6.34. The number of hydrogen-bond acceptors (Lipinski definition) is 3. The average Bonchev–Trinajstić information content (AvgIpc) is 2.47. The van der Waals surface area contributed by atoms with Gasteiger partial charge in [-0.3, -0.25) is 9.59 Å². The van der Waals surface area contributed by atoms with E-state index in [2.05, 4.69) is 4.98 Å². The maximum Gasteiger partial charge on any atom is 0.271 e. The van der Waals surface area contributed by atoms with Crippen molar-refractivity contribution in [1.82, 2.24) is 9.88 Å². The molecule has 3 rings (SSSR count). The van der Waals surface area contributed by atoms with E-state index < -0.39 is 0 Å². The molecular formula is C14H15N3O2. The Morgan fingerprint density at radius 1 is 1.11 bits per heavy atom. The van der Waals surface area contributed by atoms with Gasteiger partial charge in [-0.2, -0.15) is 0 Å². The van der Waals surface area contributed by atoms with E-state index >= 15 is 0 Å². The zero-order valence-corrected chi connectivity index (χ0v) is 10.5. The molecule has 0 saturated carbocycles. The Morgan fingerprint density at radius 3 is 2.58 bits per heavy atom. The lowest BCUT2D eigenvalue weighted by molar-refractivity contribution is -0.118. The molecule has 1 saturated heterocycles. The lowest BCUT2D eigenvalue weighted by Gasteiger charge is -2.33. The number of carbonyl (C=O) groups is 1. The Kier molecular flexibility index (Phi) is 2.95. The van der Waals surface area contributed by atoms with Gasteiger partial charge in [-0.25, -0.2) is 0 Å². The molecule has 0 radical (unpaired) electrons.